The van der Waals surface area contributed by atoms with Crippen molar-refractivity contribution in [2.45, 2.75) is 59.3 Å². The molecule has 1 aliphatic rings. The van der Waals surface area contributed by atoms with Gasteiger partial charge < -0.3 is 15.0 Å². The zero-order valence-corrected chi connectivity index (χ0v) is 21.0. The molecular weight excluding hydrogens is 468 g/mol. The predicted molar refractivity (Wildman–Crippen MR) is 135 cm³/mol. The Morgan fingerprint density at radius 1 is 1.14 bits per heavy atom. The van der Waals surface area contributed by atoms with Gasteiger partial charge in [0, 0.05) is 17.5 Å². The van der Waals surface area contributed by atoms with Crippen molar-refractivity contribution >= 4 is 33.6 Å². The molecule has 186 valence electrons. The van der Waals surface area contributed by atoms with Crippen molar-refractivity contribution in [3.05, 3.63) is 67.2 Å². The van der Waals surface area contributed by atoms with Crippen molar-refractivity contribution < 1.29 is 14.3 Å². The Kier molecular flexibility index (Phi) is 7.39. The van der Waals surface area contributed by atoms with Crippen LogP contribution < -0.4 is 16.6 Å². The van der Waals surface area contributed by atoms with Crippen LogP contribution in [-0.2, 0) is 35.6 Å². The van der Waals surface area contributed by atoms with Crippen LogP contribution in [0, 0.1) is 0 Å². The topological polar surface area (TPSA) is 103 Å². The van der Waals surface area contributed by atoms with Crippen molar-refractivity contribution in [3.63, 3.8) is 0 Å². The van der Waals surface area contributed by atoms with Gasteiger partial charge in [-0.15, -0.1) is 11.3 Å². The summed E-state index contributed by atoms with van der Waals surface area (Å²) in [5, 5.41) is 3.36. The fraction of sp³-hybridized carbons (Fsp3) is 0.440. The number of amides is 2. The minimum Gasteiger partial charge on any atom is -0.450 e. The second-order valence-electron chi connectivity index (χ2n) is 8.68. The molecule has 0 unspecified atom stereocenters. The van der Waals surface area contributed by atoms with Gasteiger partial charge in [-0.3, -0.25) is 18.7 Å². The molecule has 0 aliphatic carbocycles. The normalized spacial score (nSPS) is 14.0. The van der Waals surface area contributed by atoms with E-state index in [9.17, 15) is 19.2 Å². The van der Waals surface area contributed by atoms with Gasteiger partial charge in [-0.25, -0.2) is 9.59 Å². The molecule has 1 aromatic carbocycles. The van der Waals surface area contributed by atoms with Gasteiger partial charge in [0.05, 0.1) is 25.1 Å². The van der Waals surface area contributed by atoms with E-state index in [0.29, 0.717) is 29.7 Å². The molecule has 0 radical (unpaired) electrons. The maximum absolute atomic E-state index is 13.6. The number of hydrogen-bond donors (Lipinski definition) is 1. The molecule has 1 atom stereocenters. The summed E-state index contributed by atoms with van der Waals surface area (Å²) in [5.41, 5.74) is 0.772. The van der Waals surface area contributed by atoms with Gasteiger partial charge in [0.2, 0.25) is 5.91 Å². The molecule has 0 saturated carbocycles. The lowest BCUT2D eigenvalue weighted by Gasteiger charge is -2.25. The number of carbonyl (C=O) groups is 2. The average Bonchev–Trinajstić information content (AvgIpc) is 3.24. The van der Waals surface area contributed by atoms with Crippen LogP contribution in [0.15, 0.2) is 39.9 Å². The molecule has 3 heterocycles. The number of thiophene rings is 1. The highest BCUT2D eigenvalue weighted by molar-refractivity contribution is 7.18. The largest absolute Gasteiger partial charge is 0.450 e. The van der Waals surface area contributed by atoms with Crippen molar-refractivity contribution in [2.75, 3.05) is 13.2 Å². The maximum Gasteiger partial charge on any atom is 0.410 e. The standard InChI is InChI=1S/C25H30N4O5S/c1-4-16(3)26-20(30)15-29-23-21(18-11-12-27(14-19(18)35-23)25(33)34-5-2)22(31)28(24(29)32)13-17-9-7-6-8-10-17/h6-10,16H,4-5,11-15H2,1-3H3,(H,26,30)/t16-/m0/s1. The van der Waals surface area contributed by atoms with Gasteiger partial charge in [-0.2, -0.15) is 0 Å². The van der Waals surface area contributed by atoms with Crippen molar-refractivity contribution in [2.24, 2.45) is 0 Å². The van der Waals surface area contributed by atoms with Crippen molar-refractivity contribution in [1.29, 1.82) is 0 Å². The van der Waals surface area contributed by atoms with E-state index in [4.69, 9.17) is 4.74 Å². The molecule has 0 fully saturated rings. The number of rotatable bonds is 7. The molecule has 2 aromatic heterocycles. The molecule has 3 aromatic rings. The zero-order chi connectivity index (χ0) is 25.1. The Labute approximate surface area is 206 Å². The van der Waals surface area contributed by atoms with Gasteiger partial charge in [0.1, 0.15) is 11.4 Å². The number of benzene rings is 1. The van der Waals surface area contributed by atoms with E-state index < -0.39 is 11.8 Å². The lowest BCUT2D eigenvalue weighted by atomic mass is 10.1. The summed E-state index contributed by atoms with van der Waals surface area (Å²) < 4.78 is 7.75. The molecule has 0 saturated heterocycles. The first kappa shape index (κ1) is 24.7. The Hall–Kier alpha value is -3.40. The fourth-order valence-corrected chi connectivity index (χ4v) is 5.58. The van der Waals surface area contributed by atoms with Gasteiger partial charge in [-0.05, 0) is 37.8 Å². The molecule has 35 heavy (non-hydrogen) atoms. The molecule has 10 heteroatoms. The number of hydrogen-bond acceptors (Lipinski definition) is 6. The number of fused-ring (bicyclic) bond motifs is 3. The van der Waals surface area contributed by atoms with Crippen molar-refractivity contribution in [3.8, 4) is 0 Å². The molecule has 1 N–H and O–H groups in total. The Bertz CT molecular complexity index is 1360. The Balaban J connectivity index is 1.84. The van der Waals surface area contributed by atoms with E-state index in [2.05, 4.69) is 5.32 Å². The summed E-state index contributed by atoms with van der Waals surface area (Å²) in [6.07, 6.45) is 0.842. The predicted octanol–water partition coefficient (Wildman–Crippen LogP) is 2.70. The summed E-state index contributed by atoms with van der Waals surface area (Å²) in [6, 6.07) is 9.27. The van der Waals surface area contributed by atoms with E-state index >= 15 is 0 Å². The van der Waals surface area contributed by atoms with Crippen LogP contribution in [0.25, 0.3) is 10.2 Å². The molecule has 0 spiro atoms. The number of aromatic nitrogens is 2. The molecule has 4 rings (SSSR count). The molecule has 0 bridgehead atoms. The molecule has 1 aliphatic heterocycles. The minimum absolute atomic E-state index is 0.0291. The first-order valence-corrected chi connectivity index (χ1v) is 12.7. The summed E-state index contributed by atoms with van der Waals surface area (Å²) in [4.78, 5) is 55.1. The second-order valence-corrected chi connectivity index (χ2v) is 9.76. The second kappa shape index (κ2) is 10.5. The number of nitrogens with one attached hydrogen (secondary N) is 1. The summed E-state index contributed by atoms with van der Waals surface area (Å²) in [7, 11) is 0. The third-order valence-electron chi connectivity index (χ3n) is 6.24. The van der Waals surface area contributed by atoms with Crippen LogP contribution in [0.5, 0.6) is 0 Å². The van der Waals surface area contributed by atoms with Crippen LogP contribution in [0.4, 0.5) is 4.79 Å². The molecule has 9 nitrogen and oxygen atoms in total. The SMILES string of the molecule is CCOC(=O)N1CCc2c(sc3c2c(=O)n(Cc2ccccc2)c(=O)n3CC(=O)N[C@@H](C)CC)C1. The van der Waals surface area contributed by atoms with Gasteiger partial charge in [0.15, 0.2) is 0 Å². The third-order valence-corrected chi connectivity index (χ3v) is 7.48. The van der Waals surface area contributed by atoms with Gasteiger partial charge >= 0.3 is 11.8 Å². The Morgan fingerprint density at radius 3 is 2.57 bits per heavy atom. The molecular formula is C25H30N4O5S. The first-order valence-electron chi connectivity index (χ1n) is 11.9. The van der Waals surface area contributed by atoms with Crippen molar-refractivity contribution in [1.82, 2.24) is 19.4 Å². The van der Waals surface area contributed by atoms with E-state index in [1.807, 2.05) is 44.2 Å². The zero-order valence-electron chi connectivity index (χ0n) is 20.2. The molecule has 2 amide bonds. The first-order chi connectivity index (χ1) is 16.8. The third kappa shape index (κ3) is 5.02. The van der Waals surface area contributed by atoms with Crippen LogP contribution in [0.3, 0.4) is 0 Å². The summed E-state index contributed by atoms with van der Waals surface area (Å²) in [6.45, 7) is 6.56. The van der Waals surface area contributed by atoms with Crippen LogP contribution in [-0.4, -0.2) is 45.2 Å². The van der Waals surface area contributed by atoms with Gasteiger partial charge in [-0.1, -0.05) is 37.3 Å². The quantitative estimate of drug-likeness (QED) is 0.540. The minimum atomic E-state index is -0.522. The number of carbonyl (C=O) groups excluding carboxylic acids is 2. The Morgan fingerprint density at radius 2 is 1.89 bits per heavy atom. The van der Waals surface area contributed by atoms with Crippen LogP contribution in [0.1, 0.15) is 43.2 Å². The van der Waals surface area contributed by atoms with E-state index in [0.717, 1.165) is 22.4 Å². The number of nitrogens with zero attached hydrogens (tertiary/aromatic N) is 3. The smallest absolute Gasteiger partial charge is 0.410 e. The fourth-order valence-electron chi connectivity index (χ4n) is 4.24. The monoisotopic (exact) mass is 498 g/mol. The highest BCUT2D eigenvalue weighted by Crippen LogP contribution is 2.33. The highest BCUT2D eigenvalue weighted by Gasteiger charge is 2.29. The lowest BCUT2D eigenvalue weighted by molar-refractivity contribution is -0.122. The van der Waals surface area contributed by atoms with E-state index in [1.54, 1.807) is 11.8 Å². The van der Waals surface area contributed by atoms with Crippen LogP contribution in [0.2, 0.25) is 0 Å². The van der Waals surface area contributed by atoms with Crippen LogP contribution >= 0.6 is 11.3 Å². The lowest BCUT2D eigenvalue weighted by Crippen LogP contribution is -2.43. The van der Waals surface area contributed by atoms with Gasteiger partial charge in [0.25, 0.3) is 5.56 Å². The summed E-state index contributed by atoms with van der Waals surface area (Å²) in [5.74, 6) is -0.285. The van der Waals surface area contributed by atoms with E-state index in [-0.39, 0.29) is 37.2 Å². The highest BCUT2D eigenvalue weighted by atomic mass is 32.1. The average molecular weight is 499 g/mol. The van der Waals surface area contributed by atoms with E-state index in [1.165, 1.54) is 20.5 Å². The number of ether oxygens (including phenoxy) is 1. The summed E-state index contributed by atoms with van der Waals surface area (Å²) >= 11 is 1.30. The maximum atomic E-state index is 13.6.